The third kappa shape index (κ3) is 6.31. The Kier molecular flexibility index (Phi) is 7.69. The summed E-state index contributed by atoms with van der Waals surface area (Å²) in [5.74, 6) is 0.456. The third-order valence-corrected chi connectivity index (χ3v) is 8.08. The highest BCUT2D eigenvalue weighted by Gasteiger charge is 2.33. The van der Waals surface area contributed by atoms with Gasteiger partial charge in [-0.05, 0) is 85.1 Å². The van der Waals surface area contributed by atoms with Crippen LogP contribution in [0.2, 0.25) is 0 Å². The summed E-state index contributed by atoms with van der Waals surface area (Å²) in [6, 6.07) is 11.8. The van der Waals surface area contributed by atoms with Crippen molar-refractivity contribution >= 4 is 45.8 Å². The smallest absolute Gasteiger partial charge is 0.361 e. The quantitative estimate of drug-likeness (QED) is 0.245. The minimum atomic E-state index is -4.55. The number of aromatic amines is 1. The molecule has 2 saturated heterocycles. The van der Waals surface area contributed by atoms with Gasteiger partial charge in [0.05, 0.1) is 16.3 Å². The molecule has 13 heteroatoms. The number of pyridine rings is 1. The fourth-order valence-electron chi connectivity index (χ4n) is 5.10. The summed E-state index contributed by atoms with van der Waals surface area (Å²) in [5, 5.41) is 6.06. The number of H-pyrrole nitrogens is 1. The molecule has 2 amide bonds. The maximum atomic E-state index is 13.7. The predicted octanol–water partition coefficient (Wildman–Crippen LogP) is 5.37. The van der Waals surface area contributed by atoms with Crippen LogP contribution in [0.4, 0.5) is 23.9 Å². The SMILES string of the molecule is O=C1NC(=O)C(=Cc2ccnc(N3CCC(CNCc4cc(-c5ccc6[nH]ccc6c5)nc(C(F)(F)F)c4)CC3)n2)S1. The fraction of sp³-hybridized carbons (Fsp3) is 0.276. The minimum Gasteiger partial charge on any atom is -0.361 e. The summed E-state index contributed by atoms with van der Waals surface area (Å²) in [7, 11) is 0. The maximum absolute atomic E-state index is 13.7. The number of hydrogen-bond donors (Lipinski definition) is 3. The lowest BCUT2D eigenvalue weighted by atomic mass is 9.97. The molecule has 0 spiro atoms. The summed E-state index contributed by atoms with van der Waals surface area (Å²) in [6.07, 6.45) is 2.15. The maximum Gasteiger partial charge on any atom is 0.433 e. The van der Waals surface area contributed by atoms with Gasteiger partial charge in [0.1, 0.15) is 5.69 Å². The molecule has 2 aliphatic rings. The summed E-state index contributed by atoms with van der Waals surface area (Å²) < 4.78 is 41.0. The standard InChI is InChI=1S/C29H26F3N7O2S/c30-29(31,32)25-12-18(11-23(37-25)19-1-2-22-20(13-19)3-7-34-22)16-33-15-17-5-9-39(10-6-17)27-35-8-4-21(36-27)14-24-26(40)38-28(41)42-24/h1-4,7-8,11-14,17,33-34H,5-6,9-10,15-16H2,(H,38,40,41). The first-order valence-electron chi connectivity index (χ1n) is 13.4. The molecular formula is C29H26F3N7O2S. The monoisotopic (exact) mass is 593 g/mol. The van der Waals surface area contributed by atoms with Crippen LogP contribution in [-0.2, 0) is 17.5 Å². The third-order valence-electron chi connectivity index (χ3n) is 7.27. The molecule has 4 aromatic rings. The highest BCUT2D eigenvalue weighted by Crippen LogP contribution is 2.32. The van der Waals surface area contributed by atoms with Crippen LogP contribution < -0.4 is 15.5 Å². The number of carbonyl (C=O) groups is 2. The van der Waals surface area contributed by atoms with Gasteiger partial charge < -0.3 is 15.2 Å². The van der Waals surface area contributed by atoms with Crippen LogP contribution in [0.1, 0.15) is 29.8 Å². The van der Waals surface area contributed by atoms with E-state index in [9.17, 15) is 22.8 Å². The molecule has 2 aliphatic heterocycles. The molecule has 3 N–H and O–H groups in total. The minimum absolute atomic E-state index is 0.287. The van der Waals surface area contributed by atoms with Crippen molar-refractivity contribution in [2.75, 3.05) is 24.5 Å². The number of nitrogens with one attached hydrogen (secondary N) is 3. The number of hydrogen-bond acceptors (Lipinski definition) is 8. The first-order chi connectivity index (χ1) is 20.2. The number of piperidine rings is 1. The average molecular weight is 594 g/mol. The number of imide groups is 1. The zero-order chi connectivity index (χ0) is 29.3. The molecule has 0 unspecified atom stereocenters. The van der Waals surface area contributed by atoms with Gasteiger partial charge in [-0.2, -0.15) is 13.2 Å². The van der Waals surface area contributed by atoms with Crippen LogP contribution in [0.3, 0.4) is 0 Å². The van der Waals surface area contributed by atoms with Crippen LogP contribution in [0.5, 0.6) is 0 Å². The van der Waals surface area contributed by atoms with E-state index in [0.717, 1.165) is 54.7 Å². The fourth-order valence-corrected chi connectivity index (χ4v) is 5.77. The van der Waals surface area contributed by atoms with Gasteiger partial charge in [-0.1, -0.05) is 6.07 Å². The van der Waals surface area contributed by atoms with Crippen molar-refractivity contribution in [3.05, 3.63) is 76.7 Å². The van der Waals surface area contributed by atoms with Crippen LogP contribution in [0, 0.1) is 5.92 Å². The molecule has 0 atom stereocenters. The Balaban J connectivity index is 1.07. The van der Waals surface area contributed by atoms with Crippen molar-refractivity contribution in [3.8, 4) is 11.3 Å². The van der Waals surface area contributed by atoms with E-state index in [2.05, 4.69) is 35.5 Å². The van der Waals surface area contributed by atoms with Crippen molar-refractivity contribution in [2.45, 2.75) is 25.6 Å². The van der Waals surface area contributed by atoms with Gasteiger partial charge in [0.25, 0.3) is 11.1 Å². The molecule has 216 valence electrons. The van der Waals surface area contributed by atoms with Crippen molar-refractivity contribution in [2.24, 2.45) is 5.92 Å². The number of thioether (sulfide) groups is 1. The van der Waals surface area contributed by atoms with Crippen molar-refractivity contribution < 1.29 is 22.8 Å². The van der Waals surface area contributed by atoms with E-state index in [1.54, 1.807) is 36.7 Å². The molecule has 0 bridgehead atoms. The van der Waals surface area contributed by atoms with Crippen LogP contribution in [-0.4, -0.2) is 50.7 Å². The molecule has 0 aliphatic carbocycles. The molecule has 1 aromatic carbocycles. The number of nitrogens with zero attached hydrogens (tertiary/aromatic N) is 4. The van der Waals surface area contributed by atoms with E-state index in [-0.39, 0.29) is 5.69 Å². The Morgan fingerprint density at radius 1 is 1.07 bits per heavy atom. The van der Waals surface area contributed by atoms with E-state index in [0.29, 0.717) is 46.7 Å². The van der Waals surface area contributed by atoms with E-state index >= 15 is 0 Å². The summed E-state index contributed by atoms with van der Waals surface area (Å²) >= 11 is 0.838. The van der Waals surface area contributed by atoms with E-state index in [1.165, 1.54) is 0 Å². The number of halogens is 3. The highest BCUT2D eigenvalue weighted by molar-refractivity contribution is 8.18. The first kappa shape index (κ1) is 27.9. The van der Waals surface area contributed by atoms with E-state index in [4.69, 9.17) is 0 Å². The number of anilines is 1. The first-order valence-corrected chi connectivity index (χ1v) is 14.2. The highest BCUT2D eigenvalue weighted by atomic mass is 32.2. The molecule has 5 heterocycles. The molecular weight excluding hydrogens is 567 g/mol. The zero-order valence-corrected chi connectivity index (χ0v) is 23.1. The number of alkyl halides is 3. The lowest BCUT2D eigenvalue weighted by Crippen LogP contribution is -2.38. The molecule has 2 fully saturated rings. The topological polar surface area (TPSA) is 116 Å². The summed E-state index contributed by atoms with van der Waals surface area (Å²) in [5.41, 5.74) is 1.98. The number of rotatable bonds is 7. The predicted molar refractivity (Wildman–Crippen MR) is 154 cm³/mol. The summed E-state index contributed by atoms with van der Waals surface area (Å²) in [4.78, 5) is 41.5. The second-order valence-electron chi connectivity index (χ2n) is 10.2. The Hall–Kier alpha value is -4.23. The van der Waals surface area contributed by atoms with Gasteiger partial charge in [-0.25, -0.2) is 15.0 Å². The van der Waals surface area contributed by atoms with E-state index < -0.39 is 23.0 Å². The number of amides is 2. The van der Waals surface area contributed by atoms with Gasteiger partial charge in [0, 0.05) is 48.5 Å². The Bertz CT molecular complexity index is 1680. The number of fused-ring (bicyclic) bond motifs is 1. The lowest BCUT2D eigenvalue weighted by molar-refractivity contribution is -0.141. The molecule has 0 radical (unpaired) electrons. The van der Waals surface area contributed by atoms with Crippen molar-refractivity contribution in [3.63, 3.8) is 0 Å². The number of carbonyl (C=O) groups excluding carboxylic acids is 2. The zero-order valence-electron chi connectivity index (χ0n) is 22.2. The number of benzene rings is 1. The normalized spacial score (nSPS) is 17.4. The Labute approximate surface area is 243 Å². The second-order valence-corrected chi connectivity index (χ2v) is 11.2. The number of aromatic nitrogens is 4. The van der Waals surface area contributed by atoms with Crippen LogP contribution >= 0.6 is 11.8 Å². The molecule has 42 heavy (non-hydrogen) atoms. The van der Waals surface area contributed by atoms with Gasteiger partial charge in [0.2, 0.25) is 5.95 Å². The lowest BCUT2D eigenvalue weighted by Gasteiger charge is -2.32. The second kappa shape index (κ2) is 11.6. The Morgan fingerprint density at radius 3 is 2.67 bits per heavy atom. The van der Waals surface area contributed by atoms with Gasteiger partial charge in [0.15, 0.2) is 0 Å². The van der Waals surface area contributed by atoms with Crippen LogP contribution in [0.25, 0.3) is 28.2 Å². The van der Waals surface area contributed by atoms with Gasteiger partial charge in [-0.15, -0.1) is 0 Å². The Morgan fingerprint density at radius 2 is 1.90 bits per heavy atom. The largest absolute Gasteiger partial charge is 0.433 e. The van der Waals surface area contributed by atoms with Crippen molar-refractivity contribution in [1.82, 2.24) is 30.6 Å². The van der Waals surface area contributed by atoms with Crippen molar-refractivity contribution in [1.29, 1.82) is 0 Å². The molecule has 0 saturated carbocycles. The average Bonchev–Trinajstić information content (AvgIpc) is 3.57. The van der Waals surface area contributed by atoms with E-state index in [1.807, 2.05) is 18.2 Å². The van der Waals surface area contributed by atoms with Crippen LogP contribution in [0.15, 0.2) is 59.8 Å². The molecule has 6 rings (SSSR count). The molecule has 3 aromatic heterocycles. The van der Waals surface area contributed by atoms with Gasteiger partial charge >= 0.3 is 6.18 Å². The molecule has 9 nitrogen and oxygen atoms in total. The van der Waals surface area contributed by atoms with Gasteiger partial charge in [-0.3, -0.25) is 14.9 Å². The summed E-state index contributed by atoms with van der Waals surface area (Å²) in [6.45, 7) is 2.40.